The maximum absolute atomic E-state index is 11.6. The second kappa shape index (κ2) is 5.10. The first-order chi connectivity index (χ1) is 8.30. The molecule has 1 N–H and O–H groups in total. The molecule has 2 aliphatic rings. The van der Waals surface area contributed by atoms with Gasteiger partial charge in [0.05, 0.1) is 11.5 Å². The molecule has 5 heteroatoms. The lowest BCUT2D eigenvalue weighted by Crippen LogP contribution is -2.53. The van der Waals surface area contributed by atoms with Crippen molar-refractivity contribution in [1.29, 1.82) is 0 Å². The number of hydrogen-bond acceptors (Lipinski definition) is 4. The van der Waals surface area contributed by atoms with Crippen molar-refractivity contribution in [2.24, 2.45) is 0 Å². The fraction of sp³-hybridized carbons (Fsp3) is 1.00. The second-order valence-electron chi connectivity index (χ2n) is 6.45. The molecular weight excluding hydrogens is 248 g/mol. The summed E-state index contributed by atoms with van der Waals surface area (Å²) in [6.45, 7) is 8.78. The quantitative estimate of drug-likeness (QED) is 0.835. The molecule has 0 spiro atoms. The van der Waals surface area contributed by atoms with Crippen LogP contribution in [0.2, 0.25) is 0 Å². The van der Waals surface area contributed by atoms with Crippen LogP contribution in [0.25, 0.3) is 0 Å². The Balaban J connectivity index is 1.85. The third-order valence-corrected chi connectivity index (χ3v) is 6.22. The Kier molecular flexibility index (Phi) is 4.04. The Labute approximate surface area is 111 Å². The van der Waals surface area contributed by atoms with Gasteiger partial charge in [0.15, 0.2) is 9.84 Å². The zero-order chi connectivity index (χ0) is 13.4. The molecule has 0 aromatic rings. The lowest BCUT2D eigenvalue weighted by atomic mass is 9.96. The molecule has 2 heterocycles. The molecule has 4 nitrogen and oxygen atoms in total. The Morgan fingerprint density at radius 3 is 2.33 bits per heavy atom. The van der Waals surface area contributed by atoms with Gasteiger partial charge in [-0.1, -0.05) is 0 Å². The van der Waals surface area contributed by atoms with E-state index in [1.807, 2.05) is 0 Å². The highest BCUT2D eigenvalue weighted by molar-refractivity contribution is 7.91. The van der Waals surface area contributed by atoms with Gasteiger partial charge in [0.2, 0.25) is 0 Å². The number of likely N-dealkylation sites (tertiary alicyclic amines) is 1. The van der Waals surface area contributed by atoms with E-state index in [1.54, 1.807) is 0 Å². The molecule has 0 radical (unpaired) electrons. The zero-order valence-electron chi connectivity index (χ0n) is 11.8. The van der Waals surface area contributed by atoms with Crippen molar-refractivity contribution in [1.82, 2.24) is 10.2 Å². The van der Waals surface area contributed by atoms with Gasteiger partial charge in [-0.25, -0.2) is 8.42 Å². The van der Waals surface area contributed by atoms with E-state index in [1.165, 1.54) is 0 Å². The minimum absolute atomic E-state index is 0.191. The van der Waals surface area contributed by atoms with Crippen LogP contribution in [0.3, 0.4) is 0 Å². The first-order valence-corrected chi connectivity index (χ1v) is 8.84. The van der Waals surface area contributed by atoms with Crippen molar-refractivity contribution in [2.75, 3.05) is 24.6 Å². The SMILES string of the molecule is CC(C)N1CCC(NC2(C)CCS(=O)(=O)C2)CC1. The fourth-order valence-electron chi connectivity index (χ4n) is 3.18. The Morgan fingerprint density at radius 1 is 1.28 bits per heavy atom. The number of nitrogens with zero attached hydrogens (tertiary/aromatic N) is 1. The number of hydrogen-bond donors (Lipinski definition) is 1. The van der Waals surface area contributed by atoms with Gasteiger partial charge in [-0.2, -0.15) is 0 Å². The van der Waals surface area contributed by atoms with Gasteiger partial charge in [-0.3, -0.25) is 0 Å². The molecule has 2 rings (SSSR count). The van der Waals surface area contributed by atoms with E-state index in [-0.39, 0.29) is 5.54 Å². The first kappa shape index (κ1) is 14.3. The third-order valence-electron chi connectivity index (χ3n) is 4.32. The van der Waals surface area contributed by atoms with Crippen LogP contribution >= 0.6 is 0 Å². The molecule has 0 aliphatic carbocycles. The minimum Gasteiger partial charge on any atom is -0.308 e. The van der Waals surface area contributed by atoms with Crippen molar-refractivity contribution in [3.8, 4) is 0 Å². The van der Waals surface area contributed by atoms with E-state index >= 15 is 0 Å². The molecule has 106 valence electrons. The average molecular weight is 274 g/mol. The van der Waals surface area contributed by atoms with Gasteiger partial charge in [0, 0.05) is 17.6 Å². The highest BCUT2D eigenvalue weighted by Crippen LogP contribution is 2.25. The molecular formula is C13H26N2O2S. The molecule has 0 aromatic heterocycles. The van der Waals surface area contributed by atoms with Crippen molar-refractivity contribution in [2.45, 2.75) is 57.7 Å². The monoisotopic (exact) mass is 274 g/mol. The standard InChI is InChI=1S/C13H26N2O2S/c1-11(2)15-7-4-12(5-8-15)14-13(3)6-9-18(16,17)10-13/h11-12,14H,4-10H2,1-3H3. The van der Waals surface area contributed by atoms with Gasteiger partial charge >= 0.3 is 0 Å². The molecule has 2 fully saturated rings. The molecule has 1 unspecified atom stereocenters. The predicted molar refractivity (Wildman–Crippen MR) is 74.5 cm³/mol. The largest absolute Gasteiger partial charge is 0.308 e. The normalized spacial score (nSPS) is 34.2. The Hall–Kier alpha value is -0.130. The van der Waals surface area contributed by atoms with E-state index in [2.05, 4.69) is 31.0 Å². The highest BCUT2D eigenvalue weighted by atomic mass is 32.2. The molecule has 0 saturated carbocycles. The number of nitrogens with one attached hydrogen (secondary N) is 1. The summed E-state index contributed by atoms with van der Waals surface area (Å²) in [6.07, 6.45) is 3.03. The molecule has 18 heavy (non-hydrogen) atoms. The molecule has 0 bridgehead atoms. The number of sulfone groups is 1. The van der Waals surface area contributed by atoms with Crippen molar-refractivity contribution >= 4 is 9.84 Å². The molecule has 2 saturated heterocycles. The van der Waals surface area contributed by atoms with Gasteiger partial charge in [0.25, 0.3) is 0 Å². The molecule has 2 aliphatic heterocycles. The topological polar surface area (TPSA) is 49.4 Å². The molecule has 0 aromatic carbocycles. The maximum Gasteiger partial charge on any atom is 0.152 e. The van der Waals surface area contributed by atoms with Crippen LogP contribution in [-0.2, 0) is 9.84 Å². The van der Waals surface area contributed by atoms with E-state index < -0.39 is 9.84 Å². The van der Waals surface area contributed by atoms with Crippen LogP contribution in [0.5, 0.6) is 0 Å². The van der Waals surface area contributed by atoms with E-state index in [4.69, 9.17) is 0 Å². The summed E-state index contributed by atoms with van der Waals surface area (Å²) >= 11 is 0. The summed E-state index contributed by atoms with van der Waals surface area (Å²) in [5.41, 5.74) is -0.191. The van der Waals surface area contributed by atoms with Crippen LogP contribution in [0, 0.1) is 0 Å². The number of rotatable bonds is 3. The zero-order valence-corrected chi connectivity index (χ0v) is 12.6. The van der Waals surface area contributed by atoms with Crippen LogP contribution in [0.15, 0.2) is 0 Å². The lowest BCUT2D eigenvalue weighted by molar-refractivity contribution is 0.148. The van der Waals surface area contributed by atoms with Gasteiger partial charge in [-0.15, -0.1) is 0 Å². The smallest absolute Gasteiger partial charge is 0.152 e. The maximum atomic E-state index is 11.6. The van der Waals surface area contributed by atoms with Gasteiger partial charge < -0.3 is 10.2 Å². The molecule has 1 atom stereocenters. The predicted octanol–water partition coefficient (Wildman–Crippen LogP) is 1.03. The number of piperidine rings is 1. The summed E-state index contributed by atoms with van der Waals surface area (Å²) in [4.78, 5) is 2.49. The van der Waals surface area contributed by atoms with Crippen LogP contribution in [0.4, 0.5) is 0 Å². The highest BCUT2D eigenvalue weighted by Gasteiger charge is 2.39. The Morgan fingerprint density at radius 2 is 1.89 bits per heavy atom. The van der Waals surface area contributed by atoms with Crippen molar-refractivity contribution in [3.05, 3.63) is 0 Å². The first-order valence-electron chi connectivity index (χ1n) is 7.02. The van der Waals surface area contributed by atoms with E-state index in [0.717, 1.165) is 32.4 Å². The van der Waals surface area contributed by atoms with Crippen molar-refractivity contribution < 1.29 is 8.42 Å². The summed E-state index contributed by atoms with van der Waals surface area (Å²) in [5, 5.41) is 3.60. The summed E-state index contributed by atoms with van der Waals surface area (Å²) in [5.74, 6) is 0.658. The van der Waals surface area contributed by atoms with Crippen LogP contribution in [0.1, 0.15) is 40.0 Å². The van der Waals surface area contributed by atoms with Crippen LogP contribution in [-0.4, -0.2) is 55.5 Å². The summed E-state index contributed by atoms with van der Waals surface area (Å²) < 4.78 is 23.2. The summed E-state index contributed by atoms with van der Waals surface area (Å²) in [7, 11) is -2.80. The van der Waals surface area contributed by atoms with Gasteiger partial charge in [0.1, 0.15) is 0 Å². The third kappa shape index (κ3) is 3.45. The minimum atomic E-state index is -2.80. The lowest BCUT2D eigenvalue weighted by Gasteiger charge is -2.38. The molecule has 0 amide bonds. The van der Waals surface area contributed by atoms with E-state index in [0.29, 0.717) is 23.6 Å². The second-order valence-corrected chi connectivity index (χ2v) is 8.64. The van der Waals surface area contributed by atoms with Crippen LogP contribution < -0.4 is 5.32 Å². The summed E-state index contributed by atoms with van der Waals surface area (Å²) in [6, 6.07) is 1.10. The van der Waals surface area contributed by atoms with E-state index in [9.17, 15) is 8.42 Å². The fourth-order valence-corrected chi connectivity index (χ4v) is 5.28. The average Bonchev–Trinajstić information content (AvgIpc) is 2.53. The van der Waals surface area contributed by atoms with Gasteiger partial charge in [-0.05, 0) is 53.1 Å². The van der Waals surface area contributed by atoms with Crippen molar-refractivity contribution in [3.63, 3.8) is 0 Å². The Bertz CT molecular complexity index is 386.